The molecule has 0 saturated carbocycles. The van der Waals surface area contributed by atoms with Crippen LogP contribution in [0.4, 0.5) is 0 Å². The molecule has 2 atom stereocenters. The Hall–Kier alpha value is -0.780. The van der Waals surface area contributed by atoms with Crippen molar-refractivity contribution in [1.29, 1.82) is 0 Å². The normalized spacial score (nSPS) is 15.9. The van der Waals surface area contributed by atoms with Gasteiger partial charge in [0, 0.05) is 12.6 Å². The summed E-state index contributed by atoms with van der Waals surface area (Å²) in [5.74, 6) is 0. The van der Waals surface area contributed by atoms with Gasteiger partial charge < -0.3 is 5.32 Å². The Bertz CT molecular complexity index is 225. The lowest BCUT2D eigenvalue weighted by molar-refractivity contribution is -0.740. The lowest BCUT2D eigenvalue weighted by Crippen LogP contribution is -2.51. The molecule has 0 aromatic carbocycles. The standard InChI is InChI=1S/C11H24N3O2/c1-10(12-3)6-13(4)11(2)7-14(5,8-15)9-16/h8-12H,6-7H2,1-5H3/q+1. The minimum absolute atomic E-state index is 0.177. The lowest BCUT2D eigenvalue weighted by Gasteiger charge is -2.30. The molecule has 0 fully saturated rings. The summed E-state index contributed by atoms with van der Waals surface area (Å²) < 4.78 is -0.195. The van der Waals surface area contributed by atoms with Crippen LogP contribution in [0, 0.1) is 0 Å². The summed E-state index contributed by atoms with van der Waals surface area (Å²) >= 11 is 0. The van der Waals surface area contributed by atoms with E-state index in [1.807, 2.05) is 21.0 Å². The molecule has 1 N–H and O–H groups in total. The van der Waals surface area contributed by atoms with E-state index in [0.717, 1.165) is 6.54 Å². The van der Waals surface area contributed by atoms with Gasteiger partial charge in [-0.3, -0.25) is 4.90 Å². The lowest BCUT2D eigenvalue weighted by atomic mass is 10.2. The van der Waals surface area contributed by atoms with E-state index < -0.39 is 0 Å². The second-order valence-electron chi connectivity index (χ2n) is 4.72. The zero-order chi connectivity index (χ0) is 12.8. The first-order chi connectivity index (χ1) is 7.38. The van der Waals surface area contributed by atoms with Crippen LogP contribution in [0.5, 0.6) is 0 Å². The van der Waals surface area contributed by atoms with Crippen molar-refractivity contribution in [1.82, 2.24) is 10.2 Å². The predicted molar refractivity (Wildman–Crippen MR) is 63.8 cm³/mol. The van der Waals surface area contributed by atoms with Crippen LogP contribution in [-0.4, -0.2) is 68.5 Å². The second kappa shape index (κ2) is 6.73. The van der Waals surface area contributed by atoms with Crippen LogP contribution in [-0.2, 0) is 9.59 Å². The summed E-state index contributed by atoms with van der Waals surface area (Å²) in [6, 6.07) is 0.565. The van der Waals surface area contributed by atoms with Crippen molar-refractivity contribution in [3.05, 3.63) is 0 Å². The van der Waals surface area contributed by atoms with Gasteiger partial charge >= 0.3 is 12.8 Å². The molecule has 0 heterocycles. The molecule has 2 unspecified atom stereocenters. The number of likely N-dealkylation sites (N-methyl/N-ethyl adjacent to an activating group) is 3. The smallest absolute Gasteiger partial charge is 0.308 e. The highest BCUT2D eigenvalue weighted by atomic mass is 16.2. The van der Waals surface area contributed by atoms with Gasteiger partial charge in [-0.05, 0) is 27.9 Å². The van der Waals surface area contributed by atoms with Crippen LogP contribution in [0.2, 0.25) is 0 Å². The molecule has 0 aliphatic carbocycles. The fourth-order valence-corrected chi connectivity index (χ4v) is 1.52. The quantitative estimate of drug-likeness (QED) is 0.458. The summed E-state index contributed by atoms with van der Waals surface area (Å²) in [4.78, 5) is 23.8. The van der Waals surface area contributed by atoms with Crippen molar-refractivity contribution in [3.8, 4) is 0 Å². The van der Waals surface area contributed by atoms with Crippen molar-refractivity contribution < 1.29 is 14.1 Å². The maximum Gasteiger partial charge on any atom is 0.308 e. The van der Waals surface area contributed by atoms with Crippen molar-refractivity contribution in [3.63, 3.8) is 0 Å². The van der Waals surface area contributed by atoms with E-state index in [-0.39, 0.29) is 10.5 Å². The van der Waals surface area contributed by atoms with E-state index in [4.69, 9.17) is 0 Å². The van der Waals surface area contributed by atoms with Crippen molar-refractivity contribution >= 4 is 12.8 Å². The molecule has 0 spiro atoms. The maximum absolute atomic E-state index is 10.8. The fraction of sp³-hybridized carbons (Fsp3) is 0.818. The molecule has 2 amide bonds. The Morgan fingerprint density at radius 2 is 1.81 bits per heavy atom. The molecule has 0 aliphatic heterocycles. The Labute approximate surface area is 98.0 Å². The Balaban J connectivity index is 4.28. The SMILES string of the molecule is CNC(C)CN(C)C(C)C[N+](C)(C=O)C=O. The molecule has 0 saturated heterocycles. The number of imide groups is 1. The molecule has 0 aromatic rings. The zero-order valence-corrected chi connectivity index (χ0v) is 10.9. The number of quaternary nitrogens is 1. The molecule has 16 heavy (non-hydrogen) atoms. The number of rotatable bonds is 8. The Morgan fingerprint density at radius 1 is 1.31 bits per heavy atom. The molecule has 0 aliphatic rings. The largest absolute Gasteiger partial charge is 0.316 e. The van der Waals surface area contributed by atoms with E-state index >= 15 is 0 Å². The third-order valence-electron chi connectivity index (χ3n) is 2.95. The highest BCUT2D eigenvalue weighted by Crippen LogP contribution is 2.03. The van der Waals surface area contributed by atoms with Crippen LogP contribution < -0.4 is 5.32 Å². The van der Waals surface area contributed by atoms with Crippen LogP contribution in [0.15, 0.2) is 0 Å². The highest BCUT2D eigenvalue weighted by Gasteiger charge is 2.26. The van der Waals surface area contributed by atoms with E-state index in [0.29, 0.717) is 25.4 Å². The second-order valence-corrected chi connectivity index (χ2v) is 4.72. The molecule has 5 nitrogen and oxygen atoms in total. The number of carbonyl (C=O) groups excluding carboxylic acids is 2. The van der Waals surface area contributed by atoms with Gasteiger partial charge in [0.1, 0.15) is 6.54 Å². The summed E-state index contributed by atoms with van der Waals surface area (Å²) in [6.45, 7) is 5.50. The topological polar surface area (TPSA) is 49.4 Å². The average Bonchev–Trinajstić information content (AvgIpc) is 2.28. The van der Waals surface area contributed by atoms with Gasteiger partial charge in [-0.2, -0.15) is 0 Å². The Morgan fingerprint density at radius 3 is 2.19 bits per heavy atom. The van der Waals surface area contributed by atoms with Gasteiger partial charge in [0.15, 0.2) is 0 Å². The molecule has 5 heteroatoms. The first-order valence-electron chi connectivity index (χ1n) is 5.53. The predicted octanol–water partition coefficient (Wildman–Crippen LogP) is -0.326. The summed E-state index contributed by atoms with van der Waals surface area (Å²) in [5.41, 5.74) is 0. The minimum Gasteiger partial charge on any atom is -0.316 e. The van der Waals surface area contributed by atoms with Gasteiger partial charge in [-0.15, -0.1) is 0 Å². The number of nitrogens with one attached hydrogen (secondary N) is 1. The van der Waals surface area contributed by atoms with E-state index in [9.17, 15) is 9.59 Å². The molecule has 94 valence electrons. The molecule has 0 radical (unpaired) electrons. The molecular weight excluding hydrogens is 206 g/mol. The minimum atomic E-state index is -0.195. The number of nitrogens with zero attached hydrogens (tertiary/aromatic N) is 2. The summed E-state index contributed by atoms with van der Waals surface area (Å²) in [7, 11) is 5.53. The van der Waals surface area contributed by atoms with Crippen LogP contribution >= 0.6 is 0 Å². The fourth-order valence-electron chi connectivity index (χ4n) is 1.52. The molecule has 0 rings (SSSR count). The summed E-state index contributed by atoms with van der Waals surface area (Å²) in [5, 5.41) is 3.16. The first-order valence-corrected chi connectivity index (χ1v) is 5.53. The number of hydrogen-bond donors (Lipinski definition) is 1. The number of carbonyl (C=O) groups is 2. The monoisotopic (exact) mass is 230 g/mol. The number of amides is 2. The van der Waals surface area contributed by atoms with Gasteiger partial charge in [0.2, 0.25) is 0 Å². The van der Waals surface area contributed by atoms with Gasteiger partial charge in [-0.25, -0.2) is 14.1 Å². The van der Waals surface area contributed by atoms with Gasteiger partial charge in [0.05, 0.1) is 13.1 Å². The van der Waals surface area contributed by atoms with Crippen molar-refractivity contribution in [2.24, 2.45) is 0 Å². The Kier molecular flexibility index (Phi) is 6.40. The third-order valence-corrected chi connectivity index (χ3v) is 2.95. The molecule has 0 aromatic heterocycles. The van der Waals surface area contributed by atoms with Crippen LogP contribution in [0.1, 0.15) is 13.8 Å². The van der Waals surface area contributed by atoms with Crippen molar-refractivity contribution in [2.45, 2.75) is 25.9 Å². The maximum atomic E-state index is 10.8. The molecular formula is C11H24N3O2+. The van der Waals surface area contributed by atoms with E-state index in [2.05, 4.69) is 17.1 Å². The van der Waals surface area contributed by atoms with Gasteiger partial charge in [-0.1, -0.05) is 0 Å². The van der Waals surface area contributed by atoms with Gasteiger partial charge in [0.25, 0.3) is 0 Å². The first kappa shape index (κ1) is 15.2. The van der Waals surface area contributed by atoms with Crippen molar-refractivity contribution in [2.75, 3.05) is 34.2 Å². The van der Waals surface area contributed by atoms with Crippen LogP contribution in [0.3, 0.4) is 0 Å². The van der Waals surface area contributed by atoms with Crippen LogP contribution in [0.25, 0.3) is 0 Å². The molecule has 0 bridgehead atoms. The van der Waals surface area contributed by atoms with E-state index in [1.54, 1.807) is 7.05 Å². The van der Waals surface area contributed by atoms with E-state index in [1.165, 1.54) is 0 Å². The average molecular weight is 230 g/mol. The number of hydrogen-bond acceptors (Lipinski definition) is 4. The zero-order valence-electron chi connectivity index (χ0n) is 10.9. The highest BCUT2D eigenvalue weighted by molar-refractivity contribution is 5.54. The third kappa shape index (κ3) is 4.83. The summed E-state index contributed by atoms with van der Waals surface area (Å²) in [6.07, 6.45) is 1.36.